The SMILES string of the molecule is CCCCCCCCCCCCCCCCCC[N+](CCCCCCCCCCCCCCC)(CCCCCCCCCCCCCCC)CCCCCCCCCCCCCCC. The Morgan fingerprint density at radius 2 is 0.219 bits per heavy atom. The lowest BCUT2D eigenvalue weighted by Crippen LogP contribution is -2.50. The zero-order chi connectivity index (χ0) is 46.2. The van der Waals surface area contributed by atoms with E-state index < -0.39 is 0 Å². The van der Waals surface area contributed by atoms with E-state index in [9.17, 15) is 0 Å². The second-order valence-electron chi connectivity index (χ2n) is 22.3. The van der Waals surface area contributed by atoms with Crippen LogP contribution in [0.5, 0.6) is 0 Å². The average Bonchev–Trinajstić information content (AvgIpc) is 3.30. The van der Waals surface area contributed by atoms with Crippen LogP contribution in [0, 0.1) is 0 Å². The summed E-state index contributed by atoms with van der Waals surface area (Å²) in [6, 6.07) is 0. The molecule has 0 heterocycles. The van der Waals surface area contributed by atoms with Crippen LogP contribution in [-0.4, -0.2) is 30.7 Å². The smallest absolute Gasteiger partial charge is 0.0786 e. The van der Waals surface area contributed by atoms with E-state index in [1.165, 1.54) is 384 Å². The van der Waals surface area contributed by atoms with Crippen molar-refractivity contribution in [2.24, 2.45) is 0 Å². The third kappa shape index (κ3) is 51.4. The molecule has 0 fully saturated rings. The molecule has 0 aliphatic heterocycles. The molecule has 0 rings (SSSR count). The van der Waals surface area contributed by atoms with Crippen molar-refractivity contribution in [3.63, 3.8) is 0 Å². The van der Waals surface area contributed by atoms with Crippen molar-refractivity contribution in [1.29, 1.82) is 0 Å². The number of quaternary nitrogens is 1. The maximum absolute atomic E-state index is 2.34. The average molecular weight is 902 g/mol. The first-order chi connectivity index (χ1) is 31.7. The van der Waals surface area contributed by atoms with E-state index >= 15 is 0 Å². The molecule has 0 bridgehead atoms. The van der Waals surface area contributed by atoms with Crippen LogP contribution in [0.4, 0.5) is 0 Å². The molecule has 0 atom stereocenters. The Balaban J connectivity index is 4.91. The highest BCUT2D eigenvalue weighted by atomic mass is 15.3. The van der Waals surface area contributed by atoms with Gasteiger partial charge in [0, 0.05) is 0 Å². The summed E-state index contributed by atoms with van der Waals surface area (Å²) in [5, 5.41) is 0. The summed E-state index contributed by atoms with van der Waals surface area (Å²) in [6.45, 7) is 15.3. The van der Waals surface area contributed by atoms with Crippen LogP contribution in [0.1, 0.15) is 381 Å². The van der Waals surface area contributed by atoms with Crippen molar-refractivity contribution >= 4 is 0 Å². The highest BCUT2D eigenvalue weighted by molar-refractivity contribution is 4.57. The molecule has 1 heteroatoms. The third-order valence-electron chi connectivity index (χ3n) is 15.7. The van der Waals surface area contributed by atoms with Crippen LogP contribution in [0.15, 0.2) is 0 Å². The Hall–Kier alpha value is -0.0400. The van der Waals surface area contributed by atoms with Crippen molar-refractivity contribution in [2.45, 2.75) is 381 Å². The van der Waals surface area contributed by atoms with E-state index in [1.54, 1.807) is 0 Å². The predicted molar refractivity (Wildman–Crippen MR) is 296 cm³/mol. The van der Waals surface area contributed by atoms with Gasteiger partial charge >= 0.3 is 0 Å². The quantitative estimate of drug-likeness (QED) is 0.0421. The second kappa shape index (κ2) is 57.3. The zero-order valence-electron chi connectivity index (χ0n) is 46.2. The summed E-state index contributed by atoms with van der Waals surface area (Å²) in [7, 11) is 0. The first-order valence-electron chi connectivity index (χ1n) is 31.6. The molecule has 0 aliphatic rings. The number of rotatable bonds is 59. The van der Waals surface area contributed by atoms with E-state index in [4.69, 9.17) is 0 Å². The van der Waals surface area contributed by atoms with Gasteiger partial charge < -0.3 is 4.48 Å². The lowest BCUT2D eigenvalue weighted by atomic mass is 10.0. The van der Waals surface area contributed by atoms with Gasteiger partial charge in [-0.15, -0.1) is 0 Å². The maximum atomic E-state index is 2.34. The van der Waals surface area contributed by atoms with Gasteiger partial charge in [-0.25, -0.2) is 0 Å². The van der Waals surface area contributed by atoms with Gasteiger partial charge in [0.15, 0.2) is 0 Å². The van der Waals surface area contributed by atoms with Crippen molar-refractivity contribution in [1.82, 2.24) is 0 Å². The van der Waals surface area contributed by atoms with Gasteiger partial charge in [0.25, 0.3) is 0 Å². The molecule has 0 radical (unpaired) electrons. The molecule has 0 N–H and O–H groups in total. The van der Waals surface area contributed by atoms with Gasteiger partial charge in [-0.05, 0) is 51.4 Å². The Labute approximate surface area is 409 Å². The summed E-state index contributed by atoms with van der Waals surface area (Å²) in [5.74, 6) is 0. The van der Waals surface area contributed by atoms with Gasteiger partial charge in [-0.1, -0.05) is 329 Å². The molecule has 0 aromatic rings. The Morgan fingerprint density at radius 3 is 0.328 bits per heavy atom. The summed E-state index contributed by atoms with van der Waals surface area (Å²) < 4.78 is 1.49. The van der Waals surface area contributed by atoms with Gasteiger partial charge in [0.05, 0.1) is 26.2 Å². The maximum Gasteiger partial charge on any atom is 0.0786 e. The van der Waals surface area contributed by atoms with Crippen molar-refractivity contribution in [3.05, 3.63) is 0 Å². The summed E-state index contributed by atoms with van der Waals surface area (Å²) in [5.41, 5.74) is 0. The van der Waals surface area contributed by atoms with E-state index in [0.717, 1.165) is 0 Å². The predicted octanol–water partition coefficient (Wildman–Crippen LogP) is 23.3. The highest BCUT2D eigenvalue weighted by Crippen LogP contribution is 2.23. The van der Waals surface area contributed by atoms with Crippen LogP contribution in [0.25, 0.3) is 0 Å². The normalized spacial score (nSPS) is 12.0. The second-order valence-corrected chi connectivity index (χ2v) is 22.3. The molecule has 0 aromatic carbocycles. The molecule has 0 spiro atoms. The van der Waals surface area contributed by atoms with Crippen LogP contribution in [0.3, 0.4) is 0 Å². The minimum atomic E-state index is 1.37. The first kappa shape index (κ1) is 64.0. The number of hydrogen-bond donors (Lipinski definition) is 0. The Morgan fingerprint density at radius 1 is 0.125 bits per heavy atom. The molecular weight excluding hydrogens is 771 g/mol. The largest absolute Gasteiger partial charge is 0.324 e. The topological polar surface area (TPSA) is 0 Å². The summed E-state index contributed by atoms with van der Waals surface area (Å²) in [6.07, 6.45) is 81.2. The fourth-order valence-electron chi connectivity index (χ4n) is 11.1. The molecule has 0 aliphatic carbocycles. The first-order valence-corrected chi connectivity index (χ1v) is 31.6. The van der Waals surface area contributed by atoms with E-state index in [0.29, 0.717) is 0 Å². The number of hydrogen-bond acceptors (Lipinski definition) is 0. The van der Waals surface area contributed by atoms with Crippen LogP contribution >= 0.6 is 0 Å². The fraction of sp³-hybridized carbons (Fsp3) is 1.00. The van der Waals surface area contributed by atoms with Crippen LogP contribution in [0.2, 0.25) is 0 Å². The van der Waals surface area contributed by atoms with Gasteiger partial charge in [-0.3, -0.25) is 0 Å². The number of unbranched alkanes of at least 4 members (excludes halogenated alkanes) is 51. The minimum Gasteiger partial charge on any atom is -0.324 e. The molecule has 386 valence electrons. The molecule has 0 saturated heterocycles. The third-order valence-corrected chi connectivity index (χ3v) is 15.7. The lowest BCUT2D eigenvalue weighted by molar-refractivity contribution is -0.929. The van der Waals surface area contributed by atoms with Crippen LogP contribution in [-0.2, 0) is 0 Å². The van der Waals surface area contributed by atoms with Crippen molar-refractivity contribution < 1.29 is 4.48 Å². The molecule has 0 amide bonds. The van der Waals surface area contributed by atoms with Crippen molar-refractivity contribution in [2.75, 3.05) is 26.2 Å². The molecular formula is C63H130N+. The Bertz CT molecular complexity index is 714. The fourth-order valence-corrected chi connectivity index (χ4v) is 11.1. The van der Waals surface area contributed by atoms with Crippen LogP contribution < -0.4 is 0 Å². The standard InChI is InChI=1S/C63H130N/c1-5-9-13-17-21-25-29-33-34-35-39-43-47-51-55-59-63-64(60-56-52-48-44-40-36-30-26-22-18-14-10-6-2,61-57-53-49-45-41-37-31-27-23-19-15-11-7-3)62-58-54-50-46-42-38-32-28-24-20-16-12-8-4/h5-63H2,1-4H3/q+1. The van der Waals surface area contributed by atoms with E-state index in [2.05, 4.69) is 27.7 Å². The summed E-state index contributed by atoms with van der Waals surface area (Å²) >= 11 is 0. The van der Waals surface area contributed by atoms with E-state index in [-0.39, 0.29) is 0 Å². The van der Waals surface area contributed by atoms with E-state index in [1.807, 2.05) is 0 Å². The van der Waals surface area contributed by atoms with Gasteiger partial charge in [0.2, 0.25) is 0 Å². The Kier molecular flexibility index (Phi) is 57.2. The summed E-state index contributed by atoms with van der Waals surface area (Å²) in [4.78, 5) is 0. The lowest BCUT2D eigenvalue weighted by Gasteiger charge is -2.40. The monoisotopic (exact) mass is 901 g/mol. The highest BCUT2D eigenvalue weighted by Gasteiger charge is 2.26. The number of nitrogens with zero attached hydrogens (tertiary/aromatic N) is 1. The van der Waals surface area contributed by atoms with Gasteiger partial charge in [0.1, 0.15) is 0 Å². The van der Waals surface area contributed by atoms with Gasteiger partial charge in [-0.2, -0.15) is 0 Å². The molecule has 64 heavy (non-hydrogen) atoms. The zero-order valence-corrected chi connectivity index (χ0v) is 46.2. The molecule has 0 aromatic heterocycles. The molecule has 1 nitrogen and oxygen atoms in total. The minimum absolute atomic E-state index is 1.37. The molecule has 0 saturated carbocycles. The van der Waals surface area contributed by atoms with Crippen molar-refractivity contribution in [3.8, 4) is 0 Å². The molecule has 0 unspecified atom stereocenters.